The first-order chi connectivity index (χ1) is 7.63. The van der Waals surface area contributed by atoms with Crippen molar-refractivity contribution in [3.63, 3.8) is 0 Å². The van der Waals surface area contributed by atoms with Crippen molar-refractivity contribution >= 4 is 23.4 Å². The lowest BCUT2D eigenvalue weighted by molar-refractivity contribution is -0.120. The third-order valence-corrected chi connectivity index (χ3v) is 3.04. The Morgan fingerprint density at radius 3 is 2.75 bits per heavy atom. The summed E-state index contributed by atoms with van der Waals surface area (Å²) in [6, 6.07) is 7.42. The van der Waals surface area contributed by atoms with Crippen molar-refractivity contribution in [1.82, 2.24) is 5.32 Å². The summed E-state index contributed by atoms with van der Waals surface area (Å²) in [5.41, 5.74) is 6.29. The van der Waals surface area contributed by atoms with Gasteiger partial charge in [-0.25, -0.2) is 0 Å². The van der Waals surface area contributed by atoms with E-state index in [1.165, 1.54) is 11.8 Å². The summed E-state index contributed by atoms with van der Waals surface area (Å²) >= 11 is 1.47. The van der Waals surface area contributed by atoms with Gasteiger partial charge in [-0.1, -0.05) is 5.92 Å². The largest absolute Gasteiger partial charge is 0.399 e. The summed E-state index contributed by atoms with van der Waals surface area (Å²) in [4.78, 5) is 12.5. The number of nitrogens with one attached hydrogen (secondary N) is 1. The van der Waals surface area contributed by atoms with E-state index in [0.29, 0.717) is 5.69 Å². The predicted octanol–water partition coefficient (Wildman–Crippen LogP) is 1.50. The molecule has 0 heterocycles. The average molecular weight is 234 g/mol. The Hall–Kier alpha value is -1.60. The molecule has 1 aromatic carbocycles. The Balaban J connectivity index is 2.51. The summed E-state index contributed by atoms with van der Waals surface area (Å²) in [5.74, 6) is 2.31. The van der Waals surface area contributed by atoms with Crippen LogP contribution >= 0.6 is 11.8 Å². The number of rotatable bonds is 4. The zero-order valence-corrected chi connectivity index (χ0v) is 9.88. The summed E-state index contributed by atoms with van der Waals surface area (Å²) in [7, 11) is 0. The number of carbonyl (C=O) groups excluding carboxylic acids is 1. The molecule has 0 aromatic heterocycles. The molecule has 0 saturated heterocycles. The van der Waals surface area contributed by atoms with Crippen LogP contribution in [0.4, 0.5) is 5.69 Å². The summed E-state index contributed by atoms with van der Waals surface area (Å²) in [5, 5.41) is 2.47. The minimum Gasteiger partial charge on any atom is -0.399 e. The van der Waals surface area contributed by atoms with Gasteiger partial charge in [0.2, 0.25) is 5.91 Å². The van der Waals surface area contributed by atoms with Gasteiger partial charge in [0, 0.05) is 10.6 Å². The fourth-order valence-electron chi connectivity index (χ4n) is 1.09. The minimum absolute atomic E-state index is 0.0558. The van der Waals surface area contributed by atoms with Gasteiger partial charge in [-0.2, -0.15) is 0 Å². The van der Waals surface area contributed by atoms with Crippen LogP contribution in [-0.4, -0.2) is 17.7 Å². The zero-order chi connectivity index (χ0) is 12.0. The number of anilines is 1. The van der Waals surface area contributed by atoms with E-state index >= 15 is 0 Å². The molecular formula is C12H14N2OS. The molecule has 1 atom stereocenters. The molecular weight excluding hydrogens is 220 g/mol. The van der Waals surface area contributed by atoms with Crippen LogP contribution in [0.15, 0.2) is 29.2 Å². The number of hydrogen-bond donors (Lipinski definition) is 2. The molecule has 1 amide bonds. The Morgan fingerprint density at radius 1 is 1.56 bits per heavy atom. The molecule has 3 N–H and O–H groups in total. The highest BCUT2D eigenvalue weighted by molar-refractivity contribution is 8.00. The summed E-state index contributed by atoms with van der Waals surface area (Å²) in [6.45, 7) is 2.11. The smallest absolute Gasteiger partial charge is 0.233 e. The van der Waals surface area contributed by atoms with E-state index < -0.39 is 0 Å². The molecule has 1 rings (SSSR count). The van der Waals surface area contributed by atoms with Crippen LogP contribution in [-0.2, 0) is 4.79 Å². The van der Waals surface area contributed by atoms with E-state index in [4.69, 9.17) is 12.2 Å². The number of benzene rings is 1. The molecule has 1 aromatic rings. The Labute approximate surface area is 99.8 Å². The SMILES string of the molecule is C#CCNC(=O)C(C)Sc1ccc(N)cc1. The van der Waals surface area contributed by atoms with Crippen molar-refractivity contribution in [3.05, 3.63) is 24.3 Å². The van der Waals surface area contributed by atoms with Gasteiger partial charge in [-0.3, -0.25) is 4.79 Å². The van der Waals surface area contributed by atoms with Crippen LogP contribution in [0, 0.1) is 12.3 Å². The number of hydrogen-bond acceptors (Lipinski definition) is 3. The number of amides is 1. The third-order valence-electron chi connectivity index (χ3n) is 1.93. The maximum absolute atomic E-state index is 11.5. The van der Waals surface area contributed by atoms with Crippen LogP contribution in [0.25, 0.3) is 0 Å². The molecule has 0 aliphatic rings. The summed E-state index contributed by atoms with van der Waals surface area (Å²) < 4.78 is 0. The highest BCUT2D eigenvalue weighted by Gasteiger charge is 2.12. The van der Waals surface area contributed by atoms with Crippen LogP contribution in [0.3, 0.4) is 0 Å². The maximum Gasteiger partial charge on any atom is 0.233 e. The van der Waals surface area contributed by atoms with Gasteiger partial charge in [0.15, 0.2) is 0 Å². The molecule has 0 bridgehead atoms. The van der Waals surface area contributed by atoms with E-state index in [2.05, 4.69) is 11.2 Å². The second-order valence-electron chi connectivity index (χ2n) is 3.25. The number of carbonyl (C=O) groups is 1. The van der Waals surface area contributed by atoms with Gasteiger partial charge in [0.05, 0.1) is 11.8 Å². The first-order valence-corrected chi connectivity index (χ1v) is 5.75. The molecule has 0 fully saturated rings. The molecule has 3 nitrogen and oxygen atoms in total. The van der Waals surface area contributed by atoms with Crippen molar-refractivity contribution in [2.24, 2.45) is 0 Å². The molecule has 0 aliphatic carbocycles. The quantitative estimate of drug-likeness (QED) is 0.471. The fraction of sp³-hybridized carbons (Fsp3) is 0.250. The zero-order valence-electron chi connectivity index (χ0n) is 9.07. The average Bonchev–Trinajstić information content (AvgIpc) is 2.29. The predicted molar refractivity (Wildman–Crippen MR) is 68.0 cm³/mol. The lowest BCUT2D eigenvalue weighted by Gasteiger charge is -2.10. The second kappa shape index (κ2) is 6.09. The molecule has 0 aliphatic heterocycles. The highest BCUT2D eigenvalue weighted by Crippen LogP contribution is 2.23. The van der Waals surface area contributed by atoms with Crippen molar-refractivity contribution in [2.75, 3.05) is 12.3 Å². The lowest BCUT2D eigenvalue weighted by atomic mass is 10.3. The summed E-state index contributed by atoms with van der Waals surface area (Å²) in [6.07, 6.45) is 5.06. The molecule has 0 spiro atoms. The van der Waals surface area contributed by atoms with Crippen LogP contribution in [0.1, 0.15) is 6.92 Å². The number of nitrogens with two attached hydrogens (primary N) is 1. The minimum atomic E-state index is -0.169. The van der Waals surface area contributed by atoms with Gasteiger partial charge >= 0.3 is 0 Å². The highest BCUT2D eigenvalue weighted by atomic mass is 32.2. The van der Waals surface area contributed by atoms with E-state index in [0.717, 1.165) is 4.90 Å². The van der Waals surface area contributed by atoms with Gasteiger partial charge in [-0.05, 0) is 31.2 Å². The third kappa shape index (κ3) is 3.87. The van der Waals surface area contributed by atoms with Gasteiger partial charge in [0.25, 0.3) is 0 Å². The number of nitrogen functional groups attached to an aromatic ring is 1. The van der Waals surface area contributed by atoms with Gasteiger partial charge in [-0.15, -0.1) is 18.2 Å². The van der Waals surface area contributed by atoms with E-state index in [1.807, 2.05) is 31.2 Å². The molecule has 1 unspecified atom stereocenters. The monoisotopic (exact) mass is 234 g/mol. The van der Waals surface area contributed by atoms with E-state index in [-0.39, 0.29) is 17.7 Å². The molecule has 4 heteroatoms. The molecule has 84 valence electrons. The van der Waals surface area contributed by atoms with E-state index in [1.54, 1.807) is 0 Å². The normalized spacial score (nSPS) is 11.5. The Morgan fingerprint density at radius 2 is 2.19 bits per heavy atom. The Bertz CT molecular complexity index is 394. The first-order valence-electron chi connectivity index (χ1n) is 4.87. The lowest BCUT2D eigenvalue weighted by Crippen LogP contribution is -2.30. The van der Waals surface area contributed by atoms with Crippen LogP contribution in [0.2, 0.25) is 0 Å². The van der Waals surface area contributed by atoms with Crippen molar-refractivity contribution in [1.29, 1.82) is 0 Å². The van der Waals surface area contributed by atoms with Crippen LogP contribution in [0.5, 0.6) is 0 Å². The standard InChI is InChI=1S/C12H14N2OS/c1-3-8-14-12(15)9(2)16-11-6-4-10(13)5-7-11/h1,4-7,9H,8,13H2,2H3,(H,14,15). The van der Waals surface area contributed by atoms with E-state index in [9.17, 15) is 4.79 Å². The Kier molecular flexibility index (Phi) is 4.74. The topological polar surface area (TPSA) is 55.1 Å². The maximum atomic E-state index is 11.5. The fourth-order valence-corrected chi connectivity index (χ4v) is 1.98. The number of terminal acetylenes is 1. The molecule has 16 heavy (non-hydrogen) atoms. The van der Waals surface area contributed by atoms with Gasteiger partial charge < -0.3 is 11.1 Å². The second-order valence-corrected chi connectivity index (χ2v) is 4.67. The van der Waals surface area contributed by atoms with Gasteiger partial charge in [0.1, 0.15) is 0 Å². The van der Waals surface area contributed by atoms with Crippen LogP contribution < -0.4 is 11.1 Å². The first kappa shape index (κ1) is 12.5. The van der Waals surface area contributed by atoms with Crippen molar-refractivity contribution in [2.45, 2.75) is 17.1 Å². The van der Waals surface area contributed by atoms with Crippen molar-refractivity contribution < 1.29 is 4.79 Å². The molecule has 0 radical (unpaired) electrons. The molecule has 0 saturated carbocycles. The number of thioether (sulfide) groups is 1. The van der Waals surface area contributed by atoms with Crippen molar-refractivity contribution in [3.8, 4) is 12.3 Å².